The molecule has 1 atom stereocenters. The van der Waals surface area contributed by atoms with Crippen LogP contribution >= 0.6 is 11.3 Å². The van der Waals surface area contributed by atoms with Gasteiger partial charge in [-0.25, -0.2) is 14.5 Å². The molecule has 0 aromatic carbocycles. The van der Waals surface area contributed by atoms with E-state index in [-0.39, 0.29) is 17.9 Å². The van der Waals surface area contributed by atoms with Crippen molar-refractivity contribution in [3.63, 3.8) is 0 Å². The number of amides is 1. The Morgan fingerprint density at radius 1 is 1.30 bits per heavy atom. The standard InChI is InChI=1S/C25H33N9O2S/c1-15(2)21-22(17-9-18(36-6)24-27-14-28-34(24)12-17)29-30-23(21)25-26-10-20(37-25)33-8-7-32(11-16(33)3)19(35)13-31(4)5/h9-10,12,14-16H,7-8,11,13H2,1-6H3,(H,29,30)/t16-/m0/s1. The molecule has 0 radical (unpaired) electrons. The summed E-state index contributed by atoms with van der Waals surface area (Å²) in [6.45, 7) is 9.11. The molecule has 4 aromatic rings. The quantitative estimate of drug-likeness (QED) is 0.394. The van der Waals surface area contributed by atoms with Crippen molar-refractivity contribution >= 4 is 27.9 Å². The predicted octanol–water partition coefficient (Wildman–Crippen LogP) is 2.97. The van der Waals surface area contributed by atoms with Gasteiger partial charge in [-0.1, -0.05) is 25.2 Å². The summed E-state index contributed by atoms with van der Waals surface area (Å²) < 4.78 is 7.26. The molecule has 11 nitrogen and oxygen atoms in total. The van der Waals surface area contributed by atoms with Crippen molar-refractivity contribution in [1.29, 1.82) is 0 Å². The number of aromatic nitrogens is 6. The van der Waals surface area contributed by atoms with Crippen LogP contribution in [0.1, 0.15) is 32.3 Å². The van der Waals surface area contributed by atoms with Crippen LogP contribution in [0, 0.1) is 0 Å². The second-order valence-electron chi connectivity index (χ2n) is 9.96. The SMILES string of the molecule is COc1cc(-c2n[nH]c(-c3ncc(N4CCN(C(=O)CN(C)C)C[C@@H]4C)s3)c2C(C)C)cn2ncnc12. The summed E-state index contributed by atoms with van der Waals surface area (Å²) in [5.74, 6) is 1.02. The monoisotopic (exact) mass is 523 g/mol. The molecule has 12 heteroatoms. The van der Waals surface area contributed by atoms with Gasteiger partial charge in [-0.2, -0.15) is 10.2 Å². The van der Waals surface area contributed by atoms with Crippen LogP contribution in [-0.4, -0.2) is 98.9 Å². The van der Waals surface area contributed by atoms with E-state index in [4.69, 9.17) is 14.8 Å². The Hall–Kier alpha value is -3.51. The Morgan fingerprint density at radius 3 is 2.81 bits per heavy atom. The number of ether oxygens (including phenoxy) is 1. The Bertz CT molecular complexity index is 1410. The first-order valence-corrected chi connectivity index (χ1v) is 13.2. The maximum absolute atomic E-state index is 12.5. The first-order chi connectivity index (χ1) is 17.8. The number of fused-ring (bicyclic) bond motifs is 1. The van der Waals surface area contributed by atoms with Crippen LogP contribution in [0.2, 0.25) is 0 Å². The highest BCUT2D eigenvalue weighted by Gasteiger charge is 2.29. The van der Waals surface area contributed by atoms with E-state index in [0.29, 0.717) is 31.0 Å². The Balaban J connectivity index is 1.42. The van der Waals surface area contributed by atoms with Crippen LogP contribution in [0.3, 0.4) is 0 Å². The number of carbonyl (C=O) groups excluding carboxylic acids is 1. The van der Waals surface area contributed by atoms with Gasteiger partial charge in [-0.05, 0) is 33.0 Å². The van der Waals surface area contributed by atoms with Gasteiger partial charge in [0.25, 0.3) is 0 Å². The molecule has 4 aromatic heterocycles. The lowest BCUT2D eigenvalue weighted by molar-refractivity contribution is -0.132. The van der Waals surface area contributed by atoms with E-state index in [2.05, 4.69) is 40.9 Å². The zero-order valence-corrected chi connectivity index (χ0v) is 22.9. The van der Waals surface area contributed by atoms with Gasteiger partial charge in [-0.3, -0.25) is 9.89 Å². The summed E-state index contributed by atoms with van der Waals surface area (Å²) in [6, 6.07) is 2.15. The highest BCUT2D eigenvalue weighted by Crippen LogP contribution is 2.40. The molecule has 5 rings (SSSR count). The number of likely N-dealkylation sites (N-methyl/N-ethyl adjacent to an activating group) is 1. The van der Waals surface area contributed by atoms with Crippen LogP contribution < -0.4 is 9.64 Å². The number of anilines is 1. The second kappa shape index (κ2) is 10.1. The molecule has 0 spiro atoms. The summed E-state index contributed by atoms with van der Waals surface area (Å²) in [5.41, 5.74) is 4.42. The number of nitrogens with zero attached hydrogens (tertiary/aromatic N) is 8. The summed E-state index contributed by atoms with van der Waals surface area (Å²) >= 11 is 1.65. The molecule has 1 N–H and O–H groups in total. The number of nitrogens with one attached hydrogen (secondary N) is 1. The van der Waals surface area contributed by atoms with Gasteiger partial charge >= 0.3 is 0 Å². The third kappa shape index (κ3) is 4.78. The molecule has 1 fully saturated rings. The topological polar surface area (TPSA) is 108 Å². The molecule has 196 valence electrons. The fraction of sp³-hybridized carbons (Fsp3) is 0.480. The molecule has 0 bridgehead atoms. The third-order valence-corrected chi connectivity index (χ3v) is 7.69. The van der Waals surface area contributed by atoms with Crippen LogP contribution in [0.25, 0.3) is 27.6 Å². The maximum Gasteiger partial charge on any atom is 0.236 e. The molecule has 0 aliphatic carbocycles. The normalized spacial score (nSPS) is 16.4. The molecule has 1 aliphatic heterocycles. The van der Waals surface area contributed by atoms with Gasteiger partial charge in [0.1, 0.15) is 16.3 Å². The van der Waals surface area contributed by atoms with Gasteiger partial charge in [0, 0.05) is 43.0 Å². The molecular formula is C25H33N9O2S. The average Bonchev–Trinajstić information content (AvgIpc) is 3.61. The third-order valence-electron chi connectivity index (χ3n) is 6.64. The van der Waals surface area contributed by atoms with Gasteiger partial charge in [-0.15, -0.1) is 0 Å². The van der Waals surface area contributed by atoms with E-state index in [1.807, 2.05) is 42.4 Å². The molecule has 5 heterocycles. The lowest BCUT2D eigenvalue weighted by Gasteiger charge is -2.40. The Kier molecular flexibility index (Phi) is 6.86. The minimum Gasteiger partial charge on any atom is -0.493 e. The van der Waals surface area contributed by atoms with E-state index in [0.717, 1.165) is 39.1 Å². The first-order valence-electron chi connectivity index (χ1n) is 12.4. The van der Waals surface area contributed by atoms with Crippen molar-refractivity contribution in [2.45, 2.75) is 32.7 Å². The van der Waals surface area contributed by atoms with E-state index in [1.54, 1.807) is 23.0 Å². The van der Waals surface area contributed by atoms with Crippen molar-refractivity contribution in [1.82, 2.24) is 39.6 Å². The number of thiazole rings is 1. The number of pyridine rings is 1. The summed E-state index contributed by atoms with van der Waals surface area (Å²) in [4.78, 5) is 27.8. The fourth-order valence-electron chi connectivity index (χ4n) is 4.87. The van der Waals surface area contributed by atoms with E-state index in [1.165, 1.54) is 6.33 Å². The van der Waals surface area contributed by atoms with Crippen molar-refractivity contribution in [2.24, 2.45) is 0 Å². The molecule has 0 unspecified atom stereocenters. The van der Waals surface area contributed by atoms with Gasteiger partial charge in [0.2, 0.25) is 5.91 Å². The lowest BCUT2D eigenvalue weighted by Crippen LogP contribution is -2.55. The van der Waals surface area contributed by atoms with Crippen LogP contribution in [0.15, 0.2) is 24.8 Å². The van der Waals surface area contributed by atoms with Crippen molar-refractivity contribution < 1.29 is 9.53 Å². The smallest absolute Gasteiger partial charge is 0.236 e. The molecule has 1 amide bonds. The summed E-state index contributed by atoms with van der Waals surface area (Å²) in [7, 11) is 5.47. The highest BCUT2D eigenvalue weighted by atomic mass is 32.1. The van der Waals surface area contributed by atoms with E-state index in [9.17, 15) is 4.79 Å². The highest BCUT2D eigenvalue weighted by molar-refractivity contribution is 7.18. The summed E-state index contributed by atoms with van der Waals surface area (Å²) in [6.07, 6.45) is 5.36. The van der Waals surface area contributed by atoms with Gasteiger partial charge < -0.3 is 19.4 Å². The Morgan fingerprint density at radius 2 is 2.11 bits per heavy atom. The first kappa shape index (κ1) is 25.2. The fourth-order valence-corrected chi connectivity index (χ4v) is 5.92. The largest absolute Gasteiger partial charge is 0.493 e. The minimum absolute atomic E-state index is 0.175. The zero-order valence-electron chi connectivity index (χ0n) is 22.1. The van der Waals surface area contributed by atoms with E-state index < -0.39 is 0 Å². The summed E-state index contributed by atoms with van der Waals surface area (Å²) in [5, 5.41) is 14.2. The number of piperazine rings is 1. The van der Waals surface area contributed by atoms with Gasteiger partial charge in [0.15, 0.2) is 11.4 Å². The van der Waals surface area contributed by atoms with Crippen LogP contribution in [0.5, 0.6) is 5.75 Å². The average molecular weight is 524 g/mol. The van der Waals surface area contributed by atoms with Crippen molar-refractivity contribution in [2.75, 3.05) is 52.3 Å². The molecule has 1 aliphatic rings. The molecular weight excluding hydrogens is 490 g/mol. The number of carbonyl (C=O) groups is 1. The number of methoxy groups -OCH3 is 1. The predicted molar refractivity (Wildman–Crippen MR) is 144 cm³/mol. The number of aromatic amines is 1. The van der Waals surface area contributed by atoms with E-state index >= 15 is 0 Å². The molecule has 37 heavy (non-hydrogen) atoms. The molecule has 1 saturated heterocycles. The maximum atomic E-state index is 12.5. The number of rotatable bonds is 7. The van der Waals surface area contributed by atoms with Crippen molar-refractivity contribution in [3.05, 3.63) is 30.4 Å². The van der Waals surface area contributed by atoms with Gasteiger partial charge in [0.05, 0.1) is 31.2 Å². The van der Waals surface area contributed by atoms with Crippen LogP contribution in [0.4, 0.5) is 5.00 Å². The number of hydrogen-bond donors (Lipinski definition) is 1. The lowest BCUT2D eigenvalue weighted by atomic mass is 9.97. The molecule has 0 saturated carbocycles. The van der Waals surface area contributed by atoms with Crippen molar-refractivity contribution in [3.8, 4) is 27.7 Å². The number of hydrogen-bond acceptors (Lipinski definition) is 9. The minimum atomic E-state index is 0.175. The zero-order chi connectivity index (χ0) is 26.3. The van der Waals surface area contributed by atoms with Crippen LogP contribution in [-0.2, 0) is 4.79 Å². The number of H-pyrrole nitrogens is 1. The Labute approximate surface area is 220 Å². The second-order valence-corrected chi connectivity index (χ2v) is 11.0.